The Bertz CT molecular complexity index is 1730. The van der Waals surface area contributed by atoms with Gasteiger partial charge >= 0.3 is 0 Å². The molecule has 0 saturated heterocycles. The van der Waals surface area contributed by atoms with Gasteiger partial charge in [0.25, 0.3) is 11.5 Å². The van der Waals surface area contributed by atoms with Crippen molar-refractivity contribution in [2.24, 2.45) is 0 Å². The number of fused-ring (bicyclic) bond motifs is 2. The molecule has 0 atom stereocenters. The maximum absolute atomic E-state index is 13.8. The molecule has 1 amide bonds. The lowest BCUT2D eigenvalue weighted by atomic mass is 10.1. The van der Waals surface area contributed by atoms with E-state index in [1.807, 2.05) is 63.2 Å². The smallest absolute Gasteiger partial charge is 0.266 e. The van der Waals surface area contributed by atoms with Crippen LogP contribution in [0.15, 0.2) is 76.8 Å². The molecule has 2 N–H and O–H groups in total. The maximum Gasteiger partial charge on any atom is 0.266 e. The second kappa shape index (κ2) is 10.7. The Morgan fingerprint density at radius 2 is 1.76 bits per heavy atom. The summed E-state index contributed by atoms with van der Waals surface area (Å²) in [4.78, 5) is 47.5. The molecule has 0 unspecified atom stereocenters. The molecule has 7 nitrogen and oxygen atoms in total. The molecule has 192 valence electrons. The van der Waals surface area contributed by atoms with Gasteiger partial charge in [-0.2, -0.15) is 0 Å². The highest BCUT2D eigenvalue weighted by atomic mass is 32.2. The number of aromatic amines is 1. The highest BCUT2D eigenvalue weighted by molar-refractivity contribution is 7.99. The third-order valence-corrected chi connectivity index (χ3v) is 7.26. The van der Waals surface area contributed by atoms with Crippen LogP contribution in [0.5, 0.6) is 0 Å². The summed E-state index contributed by atoms with van der Waals surface area (Å²) >= 11 is 1.21. The largest absolute Gasteiger partial charge is 0.360 e. The maximum atomic E-state index is 13.8. The lowest BCUT2D eigenvalue weighted by Crippen LogP contribution is -2.25. The van der Waals surface area contributed by atoms with E-state index in [0.29, 0.717) is 39.4 Å². The van der Waals surface area contributed by atoms with Crippen molar-refractivity contribution < 1.29 is 9.59 Å². The molecule has 0 aliphatic carbocycles. The number of carbonyl (C=O) groups is 2. The molecule has 8 heteroatoms. The van der Waals surface area contributed by atoms with Crippen LogP contribution in [0.1, 0.15) is 45.2 Å². The van der Waals surface area contributed by atoms with E-state index in [0.717, 1.165) is 28.5 Å². The minimum atomic E-state index is -0.248. The number of para-hydroxylation sites is 1. The lowest BCUT2D eigenvalue weighted by Gasteiger charge is -2.15. The van der Waals surface area contributed by atoms with Crippen molar-refractivity contribution in [2.45, 2.75) is 32.3 Å². The Morgan fingerprint density at radius 1 is 1.00 bits per heavy atom. The first-order valence-corrected chi connectivity index (χ1v) is 13.5. The molecule has 5 rings (SSSR count). The van der Waals surface area contributed by atoms with Crippen molar-refractivity contribution in [1.82, 2.24) is 19.9 Å². The zero-order valence-corrected chi connectivity index (χ0v) is 22.3. The number of ketones is 1. The van der Waals surface area contributed by atoms with E-state index in [1.165, 1.54) is 11.8 Å². The van der Waals surface area contributed by atoms with Crippen LogP contribution < -0.4 is 10.9 Å². The van der Waals surface area contributed by atoms with Crippen LogP contribution in [0.25, 0.3) is 27.5 Å². The minimum absolute atomic E-state index is 0.0681. The van der Waals surface area contributed by atoms with Gasteiger partial charge in [0.1, 0.15) is 0 Å². The molecule has 0 bridgehead atoms. The lowest BCUT2D eigenvalue weighted by molar-refractivity contribution is 0.0953. The summed E-state index contributed by atoms with van der Waals surface area (Å²) in [5, 5.41) is 4.52. The molecular formula is C30H28N4O3S. The third-order valence-electron chi connectivity index (χ3n) is 6.32. The summed E-state index contributed by atoms with van der Waals surface area (Å²) in [5.41, 5.74) is 4.82. The van der Waals surface area contributed by atoms with E-state index in [9.17, 15) is 14.4 Å². The van der Waals surface area contributed by atoms with Gasteiger partial charge in [-0.05, 0) is 67.8 Å². The molecule has 0 spiro atoms. The predicted octanol–water partition coefficient (Wildman–Crippen LogP) is 5.60. The fraction of sp³-hybridized carbons (Fsp3) is 0.200. The first-order chi connectivity index (χ1) is 18.4. The van der Waals surface area contributed by atoms with Crippen LogP contribution in [0, 0.1) is 13.8 Å². The normalized spacial score (nSPS) is 11.2. The van der Waals surface area contributed by atoms with Crippen LogP contribution >= 0.6 is 11.8 Å². The molecule has 38 heavy (non-hydrogen) atoms. The van der Waals surface area contributed by atoms with Crippen LogP contribution in [0.3, 0.4) is 0 Å². The molecule has 2 heterocycles. The second-order valence-corrected chi connectivity index (χ2v) is 10.3. The molecular weight excluding hydrogens is 496 g/mol. The van der Waals surface area contributed by atoms with Crippen molar-refractivity contribution in [3.63, 3.8) is 0 Å². The second-order valence-electron chi connectivity index (χ2n) is 9.33. The number of thioether (sulfide) groups is 1. The number of benzene rings is 3. The molecule has 5 aromatic rings. The standard InChI is InChI=1S/C30H28N4O3S/c1-4-11-31-28(36)20-9-10-23-26(15-20)33-30(34(29(23)37)21-13-18(2)12-19(3)14-21)38-17-27(35)24-16-32-25-8-6-5-7-22(24)25/h5-10,12-16,32H,4,11,17H2,1-3H3,(H,31,36). The average Bonchev–Trinajstić information content (AvgIpc) is 3.34. The molecule has 0 radical (unpaired) electrons. The van der Waals surface area contributed by atoms with Gasteiger partial charge in [0.2, 0.25) is 0 Å². The number of nitrogens with one attached hydrogen (secondary N) is 2. The number of amides is 1. The van der Waals surface area contributed by atoms with E-state index in [2.05, 4.69) is 10.3 Å². The fourth-order valence-electron chi connectivity index (χ4n) is 4.56. The van der Waals surface area contributed by atoms with Crippen molar-refractivity contribution in [3.05, 3.63) is 99.5 Å². The van der Waals surface area contributed by atoms with Crippen LogP contribution in [-0.4, -0.2) is 38.5 Å². The Morgan fingerprint density at radius 3 is 2.53 bits per heavy atom. The van der Waals surface area contributed by atoms with Gasteiger partial charge in [-0.25, -0.2) is 4.98 Å². The third kappa shape index (κ3) is 4.99. The SMILES string of the molecule is CCCNC(=O)c1ccc2c(=O)n(-c3cc(C)cc(C)c3)c(SCC(=O)c3c[nH]c4ccccc34)nc2c1. The highest BCUT2D eigenvalue weighted by Crippen LogP contribution is 2.26. The monoisotopic (exact) mass is 524 g/mol. The Balaban J connectivity index is 1.58. The van der Waals surface area contributed by atoms with Gasteiger partial charge in [0.15, 0.2) is 10.9 Å². The Hall–Kier alpha value is -4.17. The number of hydrogen-bond acceptors (Lipinski definition) is 5. The zero-order valence-electron chi connectivity index (χ0n) is 21.5. The minimum Gasteiger partial charge on any atom is -0.360 e. The van der Waals surface area contributed by atoms with E-state index in [4.69, 9.17) is 4.98 Å². The van der Waals surface area contributed by atoms with Crippen molar-refractivity contribution in [2.75, 3.05) is 12.3 Å². The molecule has 0 saturated carbocycles. The number of nitrogens with zero attached hydrogens (tertiary/aromatic N) is 2. The molecule has 0 aliphatic heterocycles. The van der Waals surface area contributed by atoms with Crippen LogP contribution in [-0.2, 0) is 0 Å². The van der Waals surface area contributed by atoms with E-state index in [-0.39, 0.29) is 23.0 Å². The fourth-order valence-corrected chi connectivity index (χ4v) is 5.46. The number of H-pyrrole nitrogens is 1. The number of aryl methyl sites for hydroxylation is 2. The quantitative estimate of drug-likeness (QED) is 0.157. The summed E-state index contributed by atoms with van der Waals surface area (Å²) in [6.45, 7) is 6.50. The van der Waals surface area contributed by atoms with E-state index < -0.39 is 0 Å². The number of carbonyl (C=O) groups excluding carboxylic acids is 2. The van der Waals surface area contributed by atoms with Crippen molar-refractivity contribution in [3.8, 4) is 5.69 Å². The molecule has 3 aromatic carbocycles. The summed E-state index contributed by atoms with van der Waals surface area (Å²) < 4.78 is 1.56. The summed E-state index contributed by atoms with van der Waals surface area (Å²) in [6.07, 6.45) is 2.54. The first-order valence-electron chi connectivity index (χ1n) is 12.5. The number of hydrogen-bond donors (Lipinski definition) is 2. The van der Waals surface area contributed by atoms with Gasteiger partial charge in [-0.3, -0.25) is 19.0 Å². The number of Topliss-reactive ketones (excluding diaryl/α,β-unsaturated/α-hetero) is 1. The molecule has 0 fully saturated rings. The first kappa shape index (κ1) is 25.5. The molecule has 0 aliphatic rings. The summed E-state index contributed by atoms with van der Waals surface area (Å²) in [6, 6.07) is 18.5. The van der Waals surface area contributed by atoms with Gasteiger partial charge in [-0.15, -0.1) is 0 Å². The Labute approximate surface area is 224 Å². The number of aromatic nitrogens is 3. The highest BCUT2D eigenvalue weighted by Gasteiger charge is 2.19. The zero-order chi connectivity index (χ0) is 26.8. The number of rotatable bonds is 8. The topological polar surface area (TPSA) is 96.9 Å². The summed E-state index contributed by atoms with van der Waals surface area (Å²) in [7, 11) is 0. The van der Waals surface area contributed by atoms with Crippen LogP contribution in [0.2, 0.25) is 0 Å². The van der Waals surface area contributed by atoms with E-state index in [1.54, 1.807) is 29.0 Å². The van der Waals surface area contributed by atoms with Crippen LogP contribution in [0.4, 0.5) is 0 Å². The van der Waals surface area contributed by atoms with Gasteiger partial charge in [-0.1, -0.05) is 43.0 Å². The van der Waals surface area contributed by atoms with Gasteiger partial charge in [0.05, 0.1) is 22.3 Å². The summed E-state index contributed by atoms with van der Waals surface area (Å²) in [5.74, 6) is -0.180. The van der Waals surface area contributed by atoms with Gasteiger partial charge < -0.3 is 10.3 Å². The predicted molar refractivity (Wildman–Crippen MR) is 153 cm³/mol. The average molecular weight is 525 g/mol. The van der Waals surface area contributed by atoms with Crippen molar-refractivity contribution >= 4 is 45.3 Å². The van der Waals surface area contributed by atoms with Crippen molar-refractivity contribution in [1.29, 1.82) is 0 Å². The molecule has 2 aromatic heterocycles. The Kier molecular flexibility index (Phi) is 7.15. The van der Waals surface area contributed by atoms with E-state index >= 15 is 0 Å². The van der Waals surface area contributed by atoms with Gasteiger partial charge in [0, 0.05) is 34.8 Å².